The molecule has 6 heteroatoms. The normalized spacial score (nSPS) is 16.1. The first-order valence-corrected chi connectivity index (χ1v) is 8.21. The molecule has 6 nitrogen and oxygen atoms in total. The molecule has 0 saturated carbocycles. The third kappa shape index (κ3) is 4.43. The Morgan fingerprint density at radius 2 is 1.38 bits per heavy atom. The second-order valence-corrected chi connectivity index (χ2v) is 5.91. The number of hydrogen-bond donors (Lipinski definition) is 0. The van der Waals surface area contributed by atoms with E-state index in [2.05, 4.69) is 50.1 Å². The highest BCUT2D eigenvalue weighted by Gasteiger charge is 2.18. The van der Waals surface area contributed by atoms with E-state index in [1.54, 1.807) is 20.3 Å². The molecule has 128 valence electrons. The van der Waals surface area contributed by atoms with Gasteiger partial charge in [-0.25, -0.2) is 0 Å². The van der Waals surface area contributed by atoms with Gasteiger partial charge in [-0.05, 0) is 5.56 Å². The minimum atomic E-state index is 0.541. The first-order chi connectivity index (χ1) is 11.8. The third-order valence-electron chi connectivity index (χ3n) is 4.22. The molecule has 0 atom stereocenters. The number of piperazine rings is 1. The molecule has 0 bridgehead atoms. The quantitative estimate of drug-likeness (QED) is 0.806. The highest BCUT2D eigenvalue weighted by Crippen LogP contribution is 2.16. The SMILES string of the molecule is COc1cc(OC)nc(CN2CCN(Cc3ccccc3)CC2)n1. The highest BCUT2D eigenvalue weighted by molar-refractivity contribution is 5.20. The molecule has 1 aliphatic heterocycles. The largest absolute Gasteiger partial charge is 0.481 e. The van der Waals surface area contributed by atoms with Crippen LogP contribution in [-0.2, 0) is 13.1 Å². The van der Waals surface area contributed by atoms with Gasteiger partial charge >= 0.3 is 0 Å². The smallest absolute Gasteiger partial charge is 0.220 e. The average molecular weight is 328 g/mol. The Morgan fingerprint density at radius 3 is 1.92 bits per heavy atom. The van der Waals surface area contributed by atoms with Gasteiger partial charge in [-0.3, -0.25) is 9.80 Å². The molecule has 0 amide bonds. The maximum Gasteiger partial charge on any atom is 0.220 e. The summed E-state index contributed by atoms with van der Waals surface area (Å²) in [6.07, 6.45) is 0. The predicted molar refractivity (Wildman–Crippen MR) is 92.1 cm³/mol. The summed E-state index contributed by atoms with van der Waals surface area (Å²) in [5, 5.41) is 0. The minimum absolute atomic E-state index is 0.541. The molecule has 1 aliphatic rings. The van der Waals surface area contributed by atoms with Gasteiger partial charge in [0.1, 0.15) is 5.82 Å². The van der Waals surface area contributed by atoms with Gasteiger partial charge in [0.25, 0.3) is 0 Å². The van der Waals surface area contributed by atoms with Crippen molar-refractivity contribution >= 4 is 0 Å². The Kier molecular flexibility index (Phi) is 5.61. The van der Waals surface area contributed by atoms with Crippen molar-refractivity contribution in [3.63, 3.8) is 0 Å². The molecule has 2 heterocycles. The Labute approximate surface area is 143 Å². The lowest BCUT2D eigenvalue weighted by Gasteiger charge is -2.34. The second-order valence-electron chi connectivity index (χ2n) is 5.91. The number of hydrogen-bond acceptors (Lipinski definition) is 6. The van der Waals surface area contributed by atoms with E-state index in [0.29, 0.717) is 18.3 Å². The summed E-state index contributed by atoms with van der Waals surface area (Å²) in [5.41, 5.74) is 1.37. The van der Waals surface area contributed by atoms with Crippen LogP contribution in [0.4, 0.5) is 0 Å². The van der Waals surface area contributed by atoms with Gasteiger partial charge in [0.15, 0.2) is 0 Å². The Hall–Kier alpha value is -2.18. The molecule has 3 rings (SSSR count). The summed E-state index contributed by atoms with van der Waals surface area (Å²) in [5.74, 6) is 1.82. The molecule has 0 aliphatic carbocycles. The zero-order valence-electron chi connectivity index (χ0n) is 14.3. The van der Waals surface area contributed by atoms with Crippen LogP contribution in [0.2, 0.25) is 0 Å². The van der Waals surface area contributed by atoms with Crippen LogP contribution in [0.1, 0.15) is 11.4 Å². The summed E-state index contributed by atoms with van der Waals surface area (Å²) >= 11 is 0. The summed E-state index contributed by atoms with van der Waals surface area (Å²) in [6, 6.07) is 12.3. The standard InChI is InChI=1S/C18H24N4O2/c1-23-17-12-18(24-2)20-16(19-17)14-22-10-8-21(9-11-22)13-15-6-4-3-5-7-15/h3-7,12H,8-11,13-14H2,1-2H3. The summed E-state index contributed by atoms with van der Waals surface area (Å²) in [6.45, 7) is 5.85. The molecular formula is C18H24N4O2. The van der Waals surface area contributed by atoms with Crippen molar-refractivity contribution in [1.82, 2.24) is 19.8 Å². The van der Waals surface area contributed by atoms with Gasteiger partial charge in [0.05, 0.1) is 26.8 Å². The molecule has 1 fully saturated rings. The maximum absolute atomic E-state index is 5.21. The van der Waals surface area contributed by atoms with Crippen LogP contribution >= 0.6 is 0 Å². The Morgan fingerprint density at radius 1 is 0.833 bits per heavy atom. The van der Waals surface area contributed by atoms with Crippen LogP contribution in [0.3, 0.4) is 0 Å². The Bertz CT molecular complexity index is 620. The first-order valence-electron chi connectivity index (χ1n) is 8.21. The van der Waals surface area contributed by atoms with Gasteiger partial charge < -0.3 is 9.47 Å². The molecule has 1 aromatic heterocycles. The zero-order chi connectivity index (χ0) is 16.8. The van der Waals surface area contributed by atoms with E-state index < -0.39 is 0 Å². The second kappa shape index (κ2) is 8.08. The monoisotopic (exact) mass is 328 g/mol. The van der Waals surface area contributed by atoms with Crippen LogP contribution in [-0.4, -0.2) is 60.2 Å². The molecule has 0 radical (unpaired) electrons. The molecule has 0 spiro atoms. The lowest BCUT2D eigenvalue weighted by atomic mass is 10.2. The van der Waals surface area contributed by atoms with Crippen molar-refractivity contribution in [2.75, 3.05) is 40.4 Å². The molecule has 2 aromatic rings. The fourth-order valence-corrected chi connectivity index (χ4v) is 2.88. The maximum atomic E-state index is 5.21. The zero-order valence-corrected chi connectivity index (χ0v) is 14.3. The molecule has 1 saturated heterocycles. The minimum Gasteiger partial charge on any atom is -0.481 e. The fourth-order valence-electron chi connectivity index (χ4n) is 2.88. The van der Waals surface area contributed by atoms with Crippen LogP contribution in [0, 0.1) is 0 Å². The number of rotatable bonds is 6. The van der Waals surface area contributed by atoms with Crippen molar-refractivity contribution in [1.29, 1.82) is 0 Å². The summed E-state index contributed by atoms with van der Waals surface area (Å²) < 4.78 is 10.4. The number of aromatic nitrogens is 2. The topological polar surface area (TPSA) is 50.7 Å². The summed E-state index contributed by atoms with van der Waals surface area (Å²) in [4.78, 5) is 13.7. The molecule has 0 N–H and O–H groups in total. The van der Waals surface area contributed by atoms with Crippen molar-refractivity contribution < 1.29 is 9.47 Å². The number of methoxy groups -OCH3 is 2. The van der Waals surface area contributed by atoms with Gasteiger partial charge in [0, 0.05) is 32.7 Å². The van der Waals surface area contributed by atoms with Gasteiger partial charge in [-0.1, -0.05) is 30.3 Å². The van der Waals surface area contributed by atoms with Crippen molar-refractivity contribution in [3.8, 4) is 11.8 Å². The van der Waals surface area contributed by atoms with E-state index in [-0.39, 0.29) is 0 Å². The summed E-state index contributed by atoms with van der Waals surface area (Å²) in [7, 11) is 3.21. The van der Waals surface area contributed by atoms with Crippen LogP contribution in [0.15, 0.2) is 36.4 Å². The number of ether oxygens (including phenoxy) is 2. The first kappa shape index (κ1) is 16.7. The van der Waals surface area contributed by atoms with Crippen LogP contribution in [0.25, 0.3) is 0 Å². The third-order valence-corrected chi connectivity index (χ3v) is 4.22. The van der Waals surface area contributed by atoms with E-state index in [1.807, 2.05) is 0 Å². The van der Waals surface area contributed by atoms with Crippen molar-refractivity contribution in [2.45, 2.75) is 13.1 Å². The van der Waals surface area contributed by atoms with Gasteiger partial charge in [0.2, 0.25) is 11.8 Å². The van der Waals surface area contributed by atoms with E-state index in [9.17, 15) is 0 Å². The molecule has 24 heavy (non-hydrogen) atoms. The number of nitrogens with zero attached hydrogens (tertiary/aromatic N) is 4. The van der Waals surface area contributed by atoms with E-state index in [1.165, 1.54) is 5.56 Å². The van der Waals surface area contributed by atoms with Crippen LogP contribution < -0.4 is 9.47 Å². The van der Waals surface area contributed by atoms with Crippen LogP contribution in [0.5, 0.6) is 11.8 Å². The molecule has 1 aromatic carbocycles. The van der Waals surface area contributed by atoms with Crippen molar-refractivity contribution in [3.05, 3.63) is 47.8 Å². The van der Waals surface area contributed by atoms with E-state index in [4.69, 9.17) is 9.47 Å². The average Bonchev–Trinajstić information content (AvgIpc) is 2.64. The van der Waals surface area contributed by atoms with E-state index >= 15 is 0 Å². The fraction of sp³-hybridized carbons (Fsp3) is 0.444. The molecular weight excluding hydrogens is 304 g/mol. The predicted octanol–water partition coefficient (Wildman–Crippen LogP) is 1.81. The lowest BCUT2D eigenvalue weighted by molar-refractivity contribution is 0.119. The van der Waals surface area contributed by atoms with E-state index in [0.717, 1.165) is 38.5 Å². The Balaban J connectivity index is 1.54. The lowest BCUT2D eigenvalue weighted by Crippen LogP contribution is -2.45. The highest BCUT2D eigenvalue weighted by atomic mass is 16.5. The van der Waals surface area contributed by atoms with Crippen molar-refractivity contribution in [2.24, 2.45) is 0 Å². The number of benzene rings is 1. The van der Waals surface area contributed by atoms with Gasteiger partial charge in [-0.15, -0.1) is 0 Å². The molecule has 0 unspecified atom stereocenters. The van der Waals surface area contributed by atoms with Gasteiger partial charge in [-0.2, -0.15) is 9.97 Å².